The van der Waals surface area contributed by atoms with Gasteiger partial charge in [0.15, 0.2) is 0 Å². The monoisotopic (exact) mass is 665 g/mol. The van der Waals surface area contributed by atoms with E-state index in [9.17, 15) is 14.4 Å². The molecule has 0 saturated carbocycles. The highest BCUT2D eigenvalue weighted by molar-refractivity contribution is 8.00. The molecule has 1 unspecified atom stereocenters. The first-order valence-electron chi connectivity index (χ1n) is 14.3. The first kappa shape index (κ1) is 32.6. The van der Waals surface area contributed by atoms with Gasteiger partial charge in [-0.2, -0.15) is 0 Å². The summed E-state index contributed by atoms with van der Waals surface area (Å²) in [6.45, 7) is 1.85. The zero-order valence-corrected chi connectivity index (χ0v) is 27.0. The third kappa shape index (κ3) is 8.25. The molecule has 0 heterocycles. The molecular weight excluding hydrogens is 637 g/mol. The Labute approximate surface area is 282 Å². The molecule has 0 aliphatic heterocycles. The number of anilines is 3. The van der Waals surface area contributed by atoms with E-state index in [1.807, 2.05) is 73.7 Å². The Bertz CT molecular complexity index is 1830. The number of amides is 3. The number of thioether (sulfide) groups is 1. The van der Waals surface area contributed by atoms with Gasteiger partial charge in [0.25, 0.3) is 11.8 Å². The summed E-state index contributed by atoms with van der Waals surface area (Å²) in [7, 11) is 0. The number of benzene rings is 5. The molecule has 46 heavy (non-hydrogen) atoms. The third-order valence-corrected chi connectivity index (χ3v) is 8.73. The predicted octanol–water partition coefficient (Wildman–Crippen LogP) is 9.25. The second-order valence-corrected chi connectivity index (χ2v) is 12.3. The van der Waals surface area contributed by atoms with Crippen LogP contribution in [0.4, 0.5) is 17.1 Å². The molecule has 230 valence electrons. The summed E-state index contributed by atoms with van der Waals surface area (Å²) in [5.74, 6) is -1.12. The third-order valence-electron chi connectivity index (χ3n) is 6.81. The maximum absolute atomic E-state index is 13.8. The van der Waals surface area contributed by atoms with Crippen molar-refractivity contribution in [3.05, 3.63) is 160 Å². The lowest BCUT2D eigenvalue weighted by molar-refractivity contribution is -0.117. The minimum Gasteiger partial charge on any atom is -0.321 e. The first-order chi connectivity index (χ1) is 22.3. The molecule has 5 rings (SSSR count). The normalized spacial score (nSPS) is 11.8. The van der Waals surface area contributed by atoms with Crippen LogP contribution in [0.1, 0.15) is 22.8 Å². The number of nitrogens with one attached hydrogen (secondary N) is 2. The Kier molecular flexibility index (Phi) is 10.9. The highest BCUT2D eigenvalue weighted by Crippen LogP contribution is 2.32. The smallest absolute Gasteiger partial charge is 0.272 e. The summed E-state index contributed by atoms with van der Waals surface area (Å²) < 4.78 is 0. The Morgan fingerprint density at radius 2 is 1.33 bits per heavy atom. The highest BCUT2D eigenvalue weighted by Gasteiger charge is 2.25. The maximum Gasteiger partial charge on any atom is 0.272 e. The van der Waals surface area contributed by atoms with Crippen LogP contribution in [0.2, 0.25) is 10.0 Å². The van der Waals surface area contributed by atoms with Crippen molar-refractivity contribution in [1.29, 1.82) is 0 Å². The Hall–Kier alpha value is -4.82. The summed E-state index contributed by atoms with van der Waals surface area (Å²) in [6.07, 6.45) is 1.48. The number of hydrogen-bond acceptors (Lipinski definition) is 4. The van der Waals surface area contributed by atoms with E-state index in [0.29, 0.717) is 21.8 Å². The number of halogens is 2. The fourth-order valence-electron chi connectivity index (χ4n) is 4.57. The predicted molar refractivity (Wildman–Crippen MR) is 189 cm³/mol. The second kappa shape index (κ2) is 15.5. The van der Waals surface area contributed by atoms with Crippen LogP contribution in [-0.2, 0) is 9.59 Å². The van der Waals surface area contributed by atoms with Crippen molar-refractivity contribution in [2.75, 3.05) is 10.2 Å². The lowest BCUT2D eigenvalue weighted by Gasteiger charge is -2.26. The molecule has 3 amide bonds. The fourth-order valence-corrected chi connectivity index (χ4v) is 5.90. The lowest BCUT2D eigenvalue weighted by atomic mass is 10.1. The largest absolute Gasteiger partial charge is 0.321 e. The van der Waals surface area contributed by atoms with Gasteiger partial charge in [-0.25, -0.2) is 0 Å². The van der Waals surface area contributed by atoms with Crippen LogP contribution >= 0.6 is 35.0 Å². The number of para-hydroxylation sites is 2. The van der Waals surface area contributed by atoms with Crippen LogP contribution in [0, 0.1) is 0 Å². The molecule has 5 aromatic carbocycles. The van der Waals surface area contributed by atoms with E-state index in [0.717, 1.165) is 16.3 Å². The van der Waals surface area contributed by atoms with Gasteiger partial charge < -0.3 is 10.6 Å². The van der Waals surface area contributed by atoms with E-state index < -0.39 is 17.1 Å². The molecule has 0 radical (unpaired) electrons. The van der Waals surface area contributed by atoms with Crippen LogP contribution in [0.5, 0.6) is 0 Å². The van der Waals surface area contributed by atoms with Crippen molar-refractivity contribution in [3.63, 3.8) is 0 Å². The summed E-state index contributed by atoms with van der Waals surface area (Å²) >= 11 is 14.0. The van der Waals surface area contributed by atoms with Crippen molar-refractivity contribution in [3.8, 4) is 0 Å². The molecule has 0 aromatic heterocycles. The van der Waals surface area contributed by atoms with E-state index in [1.165, 1.54) is 17.8 Å². The molecule has 2 N–H and O–H groups in total. The second-order valence-electron chi connectivity index (χ2n) is 10.1. The van der Waals surface area contributed by atoms with Gasteiger partial charge in [-0.15, -0.1) is 11.8 Å². The molecule has 0 saturated heterocycles. The number of carbonyl (C=O) groups excluding carboxylic acids is 3. The summed E-state index contributed by atoms with van der Waals surface area (Å²) in [4.78, 5) is 42.9. The van der Waals surface area contributed by atoms with E-state index in [-0.39, 0.29) is 16.6 Å². The van der Waals surface area contributed by atoms with E-state index in [2.05, 4.69) is 10.6 Å². The minimum atomic E-state index is -0.564. The van der Waals surface area contributed by atoms with Gasteiger partial charge in [0.05, 0.1) is 15.3 Å². The number of nitrogens with zero attached hydrogens (tertiary/aromatic N) is 1. The molecule has 1 atom stereocenters. The van der Waals surface area contributed by atoms with E-state index in [1.54, 1.807) is 71.6 Å². The zero-order valence-electron chi connectivity index (χ0n) is 24.7. The van der Waals surface area contributed by atoms with E-state index in [4.69, 9.17) is 23.2 Å². The molecule has 5 aromatic rings. The molecule has 0 fully saturated rings. The zero-order chi connectivity index (χ0) is 32.5. The molecular formula is C37H29Cl2N3O3S. The summed E-state index contributed by atoms with van der Waals surface area (Å²) in [5, 5.41) is 5.68. The molecule has 0 bridgehead atoms. The number of hydrogen-bond donors (Lipinski definition) is 2. The summed E-state index contributed by atoms with van der Waals surface area (Å²) in [5.41, 5.74) is 2.84. The fraction of sp³-hybridized carbons (Fsp3) is 0.0541. The Morgan fingerprint density at radius 1 is 0.739 bits per heavy atom. The van der Waals surface area contributed by atoms with Crippen molar-refractivity contribution in [2.24, 2.45) is 0 Å². The number of carbonyl (C=O) groups is 3. The van der Waals surface area contributed by atoms with Crippen LogP contribution in [0.25, 0.3) is 6.08 Å². The van der Waals surface area contributed by atoms with Crippen LogP contribution in [-0.4, -0.2) is 23.0 Å². The van der Waals surface area contributed by atoms with E-state index >= 15 is 0 Å². The Morgan fingerprint density at radius 3 is 1.96 bits per heavy atom. The SMILES string of the molecule is CC(Sc1cccc(NC(=O)/C(=C\c2cccc(Cl)c2Cl)NC(=O)c2ccccc2)c1)C(=O)N(c1ccccc1)c1ccccc1. The van der Waals surface area contributed by atoms with Gasteiger partial charge in [0, 0.05) is 27.5 Å². The average molecular weight is 667 g/mol. The Balaban J connectivity index is 1.36. The van der Waals surface area contributed by atoms with Crippen LogP contribution in [0.3, 0.4) is 0 Å². The topological polar surface area (TPSA) is 78.5 Å². The van der Waals surface area contributed by atoms with Gasteiger partial charge in [-0.05, 0) is 79.2 Å². The number of rotatable bonds is 10. The van der Waals surface area contributed by atoms with Gasteiger partial charge in [-0.3, -0.25) is 19.3 Å². The van der Waals surface area contributed by atoms with Gasteiger partial charge >= 0.3 is 0 Å². The molecule has 0 aliphatic carbocycles. The quantitative estimate of drug-likeness (QED) is 0.115. The highest BCUT2D eigenvalue weighted by atomic mass is 35.5. The standard InChI is InChI=1S/C37H29Cl2N3O3S/c1-25(37(45)42(29-17-7-3-8-18-29)30-19-9-4-10-20-30)46-31-21-12-16-28(24-31)40-36(44)33(23-27-15-11-22-32(38)34(27)39)41-35(43)26-13-5-2-6-14-26/h2-25H,1H3,(H,40,44)(H,41,43)/b33-23+. The van der Waals surface area contributed by atoms with Crippen molar-refractivity contribution < 1.29 is 14.4 Å². The molecule has 9 heteroatoms. The van der Waals surface area contributed by atoms with Crippen molar-refractivity contribution in [1.82, 2.24) is 5.32 Å². The molecule has 0 aliphatic rings. The van der Waals surface area contributed by atoms with Gasteiger partial charge in [-0.1, -0.05) is 96.0 Å². The summed E-state index contributed by atoms with van der Waals surface area (Å²) in [6, 6.07) is 39.8. The van der Waals surface area contributed by atoms with Crippen LogP contribution < -0.4 is 15.5 Å². The lowest BCUT2D eigenvalue weighted by Crippen LogP contribution is -2.32. The first-order valence-corrected chi connectivity index (χ1v) is 16.0. The minimum absolute atomic E-state index is 0.0269. The van der Waals surface area contributed by atoms with Crippen LogP contribution in [0.15, 0.2) is 144 Å². The van der Waals surface area contributed by atoms with Crippen molar-refractivity contribution in [2.45, 2.75) is 17.1 Å². The molecule has 6 nitrogen and oxygen atoms in total. The maximum atomic E-state index is 13.8. The van der Waals surface area contributed by atoms with Gasteiger partial charge in [0.2, 0.25) is 5.91 Å². The molecule has 0 spiro atoms. The average Bonchev–Trinajstić information content (AvgIpc) is 3.08. The van der Waals surface area contributed by atoms with Crippen molar-refractivity contribution >= 4 is 75.8 Å². The van der Waals surface area contributed by atoms with Gasteiger partial charge in [0.1, 0.15) is 5.70 Å².